The largest absolute Gasteiger partial charge is 0.511 e. The molecule has 1 aliphatic heterocycles. The van der Waals surface area contributed by atoms with Crippen molar-refractivity contribution >= 4 is 15.7 Å². The summed E-state index contributed by atoms with van der Waals surface area (Å²) in [5, 5.41) is 0. The van der Waals surface area contributed by atoms with E-state index < -0.39 is 28.1 Å². The molecule has 2 aromatic rings. The van der Waals surface area contributed by atoms with E-state index in [1.165, 1.54) is 13.4 Å². The van der Waals surface area contributed by atoms with Crippen molar-refractivity contribution in [2.45, 2.75) is 56.4 Å². The van der Waals surface area contributed by atoms with Crippen LogP contribution in [-0.4, -0.2) is 60.6 Å². The fourth-order valence-electron chi connectivity index (χ4n) is 4.42. The molecule has 0 amide bonds. The molecule has 12 heteroatoms. The summed E-state index contributed by atoms with van der Waals surface area (Å²) in [7, 11) is -4.10. The van der Waals surface area contributed by atoms with E-state index in [2.05, 4.69) is 9.97 Å². The van der Waals surface area contributed by atoms with E-state index in [1.807, 2.05) is 4.90 Å². The van der Waals surface area contributed by atoms with Crippen LogP contribution in [0.1, 0.15) is 36.9 Å². The molecule has 8 nitrogen and oxygen atoms in total. The number of rotatable bonds is 7. The van der Waals surface area contributed by atoms with Gasteiger partial charge in [0.15, 0.2) is 0 Å². The second-order valence-electron chi connectivity index (χ2n) is 8.34. The van der Waals surface area contributed by atoms with Crippen LogP contribution in [0.5, 0.6) is 5.75 Å². The standard InChI is InChI=1S/C21H27F3N4O4S/c1-31-19-6-7-20-15(8-19)10-27(33(29,30)21(22,23)24)12-17(13-32-18-4-2-3-5-18)28(20)11-16-9-25-14-26-16/h6-9,14,17-18H,2-5,10-13H2,1H3,(H,25,26)/t17-/m0/s1. The normalized spacial score (nSPS) is 20.6. The van der Waals surface area contributed by atoms with Gasteiger partial charge >= 0.3 is 15.5 Å². The van der Waals surface area contributed by atoms with E-state index in [0.29, 0.717) is 27.9 Å². The number of anilines is 1. The van der Waals surface area contributed by atoms with E-state index in [0.717, 1.165) is 31.4 Å². The fraction of sp³-hybridized carbons (Fsp3) is 0.571. The van der Waals surface area contributed by atoms with Crippen LogP contribution in [0.25, 0.3) is 0 Å². The summed E-state index contributed by atoms with van der Waals surface area (Å²) in [6.45, 7) is -0.375. The molecule has 0 saturated heterocycles. The molecule has 1 N–H and O–H groups in total. The van der Waals surface area contributed by atoms with Gasteiger partial charge in [-0.1, -0.05) is 12.8 Å². The topological polar surface area (TPSA) is 87.8 Å². The molecule has 182 valence electrons. The third kappa shape index (κ3) is 5.12. The molecule has 1 aliphatic carbocycles. The maximum absolute atomic E-state index is 13.5. The highest BCUT2D eigenvalue weighted by atomic mass is 32.2. The predicted molar refractivity (Wildman–Crippen MR) is 115 cm³/mol. The van der Waals surface area contributed by atoms with Crippen molar-refractivity contribution in [3.63, 3.8) is 0 Å². The van der Waals surface area contributed by atoms with Gasteiger partial charge in [-0.2, -0.15) is 17.5 Å². The molecule has 33 heavy (non-hydrogen) atoms. The Hall–Kier alpha value is -2.31. The third-order valence-electron chi connectivity index (χ3n) is 6.15. The average molecular weight is 489 g/mol. The number of H-pyrrole nitrogens is 1. The molecular weight excluding hydrogens is 461 g/mol. The number of ether oxygens (including phenoxy) is 2. The molecule has 1 fully saturated rings. The minimum absolute atomic E-state index is 0.0327. The van der Waals surface area contributed by atoms with Crippen molar-refractivity contribution in [1.29, 1.82) is 0 Å². The Balaban J connectivity index is 1.74. The fourth-order valence-corrected chi connectivity index (χ4v) is 5.39. The molecule has 1 saturated carbocycles. The van der Waals surface area contributed by atoms with E-state index >= 15 is 0 Å². The van der Waals surface area contributed by atoms with Gasteiger partial charge in [0.2, 0.25) is 0 Å². The van der Waals surface area contributed by atoms with Crippen molar-refractivity contribution < 1.29 is 31.1 Å². The van der Waals surface area contributed by atoms with Gasteiger partial charge in [-0.05, 0) is 36.6 Å². The summed E-state index contributed by atoms with van der Waals surface area (Å²) in [5.74, 6) is 0.431. The molecule has 1 aromatic heterocycles. The monoisotopic (exact) mass is 488 g/mol. The zero-order valence-electron chi connectivity index (χ0n) is 18.2. The number of aromatic amines is 1. The number of alkyl halides is 3. The quantitative estimate of drug-likeness (QED) is 0.643. The molecule has 0 bridgehead atoms. The zero-order valence-corrected chi connectivity index (χ0v) is 19.0. The van der Waals surface area contributed by atoms with E-state index in [4.69, 9.17) is 9.47 Å². The number of fused-ring (bicyclic) bond motifs is 1. The maximum atomic E-state index is 13.5. The van der Waals surface area contributed by atoms with Crippen LogP contribution < -0.4 is 9.64 Å². The Kier molecular flexibility index (Phi) is 6.87. The molecule has 2 heterocycles. The minimum Gasteiger partial charge on any atom is -0.497 e. The minimum atomic E-state index is -5.55. The van der Waals surface area contributed by atoms with Crippen LogP contribution in [-0.2, 0) is 27.8 Å². The number of methoxy groups -OCH3 is 1. The molecule has 4 rings (SSSR count). The number of halogens is 3. The van der Waals surface area contributed by atoms with Gasteiger partial charge in [0, 0.05) is 25.0 Å². The van der Waals surface area contributed by atoms with Crippen LogP contribution >= 0.6 is 0 Å². The van der Waals surface area contributed by atoms with Gasteiger partial charge in [0.05, 0.1) is 44.4 Å². The highest BCUT2D eigenvalue weighted by molar-refractivity contribution is 7.89. The third-order valence-corrected chi connectivity index (χ3v) is 7.70. The Bertz CT molecular complexity index is 1040. The number of hydrogen-bond acceptors (Lipinski definition) is 6. The van der Waals surface area contributed by atoms with Crippen LogP contribution in [0.4, 0.5) is 18.9 Å². The van der Waals surface area contributed by atoms with Gasteiger partial charge in [0.1, 0.15) is 5.75 Å². The van der Waals surface area contributed by atoms with Crippen molar-refractivity contribution in [2.24, 2.45) is 0 Å². The summed E-state index contributed by atoms with van der Waals surface area (Å²) in [6, 6.07) is 4.40. The zero-order chi connectivity index (χ0) is 23.6. The second kappa shape index (κ2) is 9.51. The summed E-state index contributed by atoms with van der Waals surface area (Å²) in [6.07, 6.45) is 7.07. The highest BCUT2D eigenvalue weighted by Crippen LogP contribution is 2.36. The number of hydrogen-bond donors (Lipinski definition) is 1. The van der Waals surface area contributed by atoms with Crippen molar-refractivity contribution in [3.05, 3.63) is 42.0 Å². The maximum Gasteiger partial charge on any atom is 0.511 e. The lowest BCUT2D eigenvalue weighted by Crippen LogP contribution is -2.49. The molecule has 0 spiro atoms. The number of benzene rings is 1. The predicted octanol–water partition coefficient (Wildman–Crippen LogP) is 3.42. The highest BCUT2D eigenvalue weighted by Gasteiger charge is 2.51. The average Bonchev–Trinajstić information content (AvgIpc) is 3.45. The smallest absolute Gasteiger partial charge is 0.497 e. The Labute approximate surface area is 190 Å². The summed E-state index contributed by atoms with van der Waals surface area (Å²) >= 11 is 0. The molecule has 0 radical (unpaired) electrons. The molecule has 0 unspecified atom stereocenters. The second-order valence-corrected chi connectivity index (χ2v) is 10.3. The first-order valence-corrected chi connectivity index (χ1v) is 12.2. The van der Waals surface area contributed by atoms with Gasteiger partial charge in [-0.3, -0.25) is 0 Å². The summed E-state index contributed by atoms with van der Waals surface area (Å²) in [4.78, 5) is 8.93. The van der Waals surface area contributed by atoms with E-state index in [-0.39, 0.29) is 19.3 Å². The number of imidazole rings is 1. The van der Waals surface area contributed by atoms with Gasteiger partial charge in [-0.25, -0.2) is 13.4 Å². The van der Waals surface area contributed by atoms with Crippen LogP contribution in [0.2, 0.25) is 0 Å². The summed E-state index contributed by atoms with van der Waals surface area (Å²) < 4.78 is 77.3. The first-order valence-electron chi connectivity index (χ1n) is 10.8. The molecule has 1 atom stereocenters. The lowest BCUT2D eigenvalue weighted by Gasteiger charge is -2.34. The van der Waals surface area contributed by atoms with Gasteiger partial charge < -0.3 is 19.4 Å². The lowest BCUT2D eigenvalue weighted by molar-refractivity contribution is -0.0495. The van der Waals surface area contributed by atoms with Crippen LogP contribution in [0, 0.1) is 0 Å². The van der Waals surface area contributed by atoms with Gasteiger partial charge in [-0.15, -0.1) is 0 Å². The van der Waals surface area contributed by atoms with Crippen molar-refractivity contribution in [1.82, 2.24) is 14.3 Å². The number of nitrogens with one attached hydrogen (secondary N) is 1. The SMILES string of the molecule is COc1ccc2c(c1)CN(S(=O)(=O)C(F)(F)F)C[C@@H](COC1CCCC1)N2Cc1cnc[nH]1. The van der Waals surface area contributed by atoms with Crippen LogP contribution in [0.15, 0.2) is 30.7 Å². The molecule has 1 aromatic carbocycles. The Morgan fingerprint density at radius 2 is 2.00 bits per heavy atom. The van der Waals surface area contributed by atoms with Crippen molar-refractivity contribution in [3.8, 4) is 5.75 Å². The number of nitrogens with zero attached hydrogens (tertiary/aromatic N) is 3. The van der Waals surface area contributed by atoms with Crippen LogP contribution in [0.3, 0.4) is 0 Å². The number of sulfonamides is 1. The van der Waals surface area contributed by atoms with Crippen molar-refractivity contribution in [2.75, 3.05) is 25.2 Å². The molecule has 2 aliphatic rings. The van der Waals surface area contributed by atoms with E-state index in [1.54, 1.807) is 24.4 Å². The first kappa shape index (κ1) is 23.8. The Morgan fingerprint density at radius 3 is 2.64 bits per heavy atom. The van der Waals surface area contributed by atoms with E-state index in [9.17, 15) is 21.6 Å². The first-order chi connectivity index (χ1) is 15.7. The Morgan fingerprint density at radius 1 is 1.24 bits per heavy atom. The molecular formula is C21H27F3N4O4S. The van der Waals surface area contributed by atoms with Gasteiger partial charge in [0.25, 0.3) is 0 Å². The summed E-state index contributed by atoms with van der Waals surface area (Å²) in [5.41, 5.74) is -3.60. The lowest BCUT2D eigenvalue weighted by atomic mass is 10.1. The number of aromatic nitrogens is 2.